The molecule has 0 radical (unpaired) electrons. The van der Waals surface area contributed by atoms with Gasteiger partial charge in [-0.05, 0) is 38.1 Å². The number of amides is 1. The standard InChI is InChI=1S/C14H16F2N2O3/c15-14(16)20-11-5-4-10(8-12(11)21-14)17-13(19)9-18-6-2-1-3-7-18/h4-5,8H,1-3,6-7,9H2,(H,17,19). The molecule has 0 aromatic heterocycles. The summed E-state index contributed by atoms with van der Waals surface area (Å²) in [6.07, 6.45) is -0.230. The van der Waals surface area contributed by atoms with Gasteiger partial charge in [0.1, 0.15) is 0 Å². The third-order valence-electron chi connectivity index (χ3n) is 3.50. The largest absolute Gasteiger partial charge is 0.586 e. The molecule has 7 heteroatoms. The molecule has 1 fully saturated rings. The van der Waals surface area contributed by atoms with E-state index in [0.717, 1.165) is 25.9 Å². The van der Waals surface area contributed by atoms with E-state index >= 15 is 0 Å². The van der Waals surface area contributed by atoms with Crippen LogP contribution in [0.4, 0.5) is 14.5 Å². The number of ether oxygens (including phenoxy) is 2. The van der Waals surface area contributed by atoms with Gasteiger partial charge in [0.15, 0.2) is 11.5 Å². The molecule has 1 amide bonds. The van der Waals surface area contributed by atoms with Crippen LogP contribution in [0.2, 0.25) is 0 Å². The van der Waals surface area contributed by atoms with Gasteiger partial charge in [-0.1, -0.05) is 6.42 Å². The van der Waals surface area contributed by atoms with Gasteiger partial charge in [-0.3, -0.25) is 9.69 Å². The number of halogens is 2. The molecular formula is C14H16F2N2O3. The zero-order valence-electron chi connectivity index (χ0n) is 11.4. The van der Waals surface area contributed by atoms with Crippen molar-refractivity contribution in [2.45, 2.75) is 25.6 Å². The molecule has 1 N–H and O–H groups in total. The lowest BCUT2D eigenvalue weighted by molar-refractivity contribution is -0.286. The van der Waals surface area contributed by atoms with Gasteiger partial charge in [-0.15, -0.1) is 8.78 Å². The summed E-state index contributed by atoms with van der Waals surface area (Å²) in [6, 6.07) is 4.20. The van der Waals surface area contributed by atoms with E-state index in [4.69, 9.17) is 0 Å². The maximum absolute atomic E-state index is 12.9. The second kappa shape index (κ2) is 5.48. The summed E-state index contributed by atoms with van der Waals surface area (Å²) in [6.45, 7) is 2.15. The Bertz CT molecular complexity index is 545. The third-order valence-corrected chi connectivity index (χ3v) is 3.50. The number of benzene rings is 1. The zero-order chi connectivity index (χ0) is 14.9. The number of hydrogen-bond acceptors (Lipinski definition) is 4. The average Bonchev–Trinajstić information content (AvgIpc) is 2.73. The molecule has 21 heavy (non-hydrogen) atoms. The predicted molar refractivity (Wildman–Crippen MR) is 71.6 cm³/mol. The number of hydrogen-bond donors (Lipinski definition) is 1. The van der Waals surface area contributed by atoms with E-state index in [1.807, 2.05) is 0 Å². The lowest BCUT2D eigenvalue weighted by atomic mass is 10.1. The van der Waals surface area contributed by atoms with E-state index in [1.165, 1.54) is 24.6 Å². The second-order valence-electron chi connectivity index (χ2n) is 5.21. The Morgan fingerprint density at radius 1 is 1.19 bits per heavy atom. The summed E-state index contributed by atoms with van der Waals surface area (Å²) in [4.78, 5) is 14.0. The number of carbonyl (C=O) groups is 1. The molecule has 0 unspecified atom stereocenters. The smallest absolute Gasteiger partial charge is 0.395 e. The molecule has 0 atom stereocenters. The minimum atomic E-state index is -3.64. The van der Waals surface area contributed by atoms with Gasteiger partial charge in [0.2, 0.25) is 5.91 Å². The highest BCUT2D eigenvalue weighted by Crippen LogP contribution is 2.42. The van der Waals surface area contributed by atoms with Gasteiger partial charge in [0.25, 0.3) is 0 Å². The lowest BCUT2D eigenvalue weighted by Crippen LogP contribution is -2.36. The van der Waals surface area contributed by atoms with E-state index in [9.17, 15) is 13.6 Å². The first-order chi connectivity index (χ1) is 10.0. The normalized spacial score (nSPS) is 20.3. The van der Waals surface area contributed by atoms with Crippen LogP contribution in [0.15, 0.2) is 18.2 Å². The van der Waals surface area contributed by atoms with Crippen molar-refractivity contribution >= 4 is 11.6 Å². The van der Waals surface area contributed by atoms with Crippen molar-refractivity contribution in [1.29, 1.82) is 0 Å². The van der Waals surface area contributed by atoms with Crippen LogP contribution in [-0.2, 0) is 4.79 Å². The SMILES string of the molecule is O=C(CN1CCCCC1)Nc1ccc2c(c1)OC(F)(F)O2. The van der Waals surface area contributed by atoms with Crippen molar-refractivity contribution in [3.63, 3.8) is 0 Å². The molecule has 1 saturated heterocycles. The fraction of sp³-hybridized carbons (Fsp3) is 0.500. The monoisotopic (exact) mass is 298 g/mol. The van der Waals surface area contributed by atoms with Gasteiger partial charge in [-0.2, -0.15) is 0 Å². The maximum Gasteiger partial charge on any atom is 0.586 e. The Hall–Kier alpha value is -1.89. The lowest BCUT2D eigenvalue weighted by Gasteiger charge is -2.25. The Morgan fingerprint density at radius 3 is 2.67 bits per heavy atom. The van der Waals surface area contributed by atoms with Gasteiger partial charge in [0.05, 0.1) is 6.54 Å². The fourth-order valence-corrected chi connectivity index (χ4v) is 2.55. The topological polar surface area (TPSA) is 50.8 Å². The van der Waals surface area contributed by atoms with Crippen molar-refractivity contribution in [2.24, 2.45) is 0 Å². The molecule has 0 spiro atoms. The molecule has 0 bridgehead atoms. The zero-order valence-corrected chi connectivity index (χ0v) is 11.4. The molecule has 2 aliphatic rings. The Morgan fingerprint density at radius 2 is 1.90 bits per heavy atom. The number of likely N-dealkylation sites (tertiary alicyclic amines) is 1. The number of piperidine rings is 1. The average molecular weight is 298 g/mol. The Kier molecular flexibility index (Phi) is 3.67. The number of nitrogens with zero attached hydrogens (tertiary/aromatic N) is 1. The van der Waals surface area contributed by atoms with Crippen LogP contribution in [0.3, 0.4) is 0 Å². The minimum absolute atomic E-state index is 0.0333. The van der Waals surface area contributed by atoms with Crippen molar-refractivity contribution in [3.05, 3.63) is 18.2 Å². The highest BCUT2D eigenvalue weighted by atomic mass is 19.3. The van der Waals surface area contributed by atoms with Crippen LogP contribution < -0.4 is 14.8 Å². The number of alkyl halides is 2. The van der Waals surface area contributed by atoms with E-state index in [0.29, 0.717) is 12.2 Å². The summed E-state index contributed by atoms with van der Waals surface area (Å²) in [5.41, 5.74) is 0.414. The highest BCUT2D eigenvalue weighted by Gasteiger charge is 2.43. The molecule has 1 aromatic carbocycles. The first-order valence-electron chi connectivity index (χ1n) is 6.94. The number of nitrogens with one attached hydrogen (secondary N) is 1. The third kappa shape index (κ3) is 3.41. The van der Waals surface area contributed by atoms with Crippen LogP contribution in [0.5, 0.6) is 11.5 Å². The molecule has 3 rings (SSSR count). The summed E-state index contributed by atoms with van der Waals surface area (Å²) < 4.78 is 34.5. The Labute approximate surface area is 120 Å². The molecule has 1 aromatic rings. The molecule has 2 aliphatic heterocycles. The predicted octanol–water partition coefficient (Wildman–Crippen LogP) is 2.43. The first kappa shape index (κ1) is 14.1. The molecule has 2 heterocycles. The molecular weight excluding hydrogens is 282 g/mol. The van der Waals surface area contributed by atoms with E-state index in [2.05, 4.69) is 19.7 Å². The van der Waals surface area contributed by atoms with Gasteiger partial charge >= 0.3 is 6.29 Å². The van der Waals surface area contributed by atoms with E-state index < -0.39 is 6.29 Å². The van der Waals surface area contributed by atoms with Crippen LogP contribution in [0, 0.1) is 0 Å². The summed E-state index contributed by atoms with van der Waals surface area (Å²) in [5.74, 6) is -0.271. The minimum Gasteiger partial charge on any atom is -0.395 e. The maximum atomic E-state index is 12.9. The first-order valence-corrected chi connectivity index (χ1v) is 6.94. The molecule has 0 saturated carbocycles. The van der Waals surface area contributed by atoms with E-state index in [-0.39, 0.29) is 17.4 Å². The van der Waals surface area contributed by atoms with Crippen LogP contribution in [0.1, 0.15) is 19.3 Å². The molecule has 5 nitrogen and oxygen atoms in total. The number of anilines is 1. The highest BCUT2D eigenvalue weighted by molar-refractivity contribution is 5.92. The molecule has 0 aliphatic carbocycles. The molecule has 114 valence electrons. The van der Waals surface area contributed by atoms with Gasteiger partial charge in [0, 0.05) is 11.8 Å². The van der Waals surface area contributed by atoms with E-state index in [1.54, 1.807) is 0 Å². The summed E-state index contributed by atoms with van der Waals surface area (Å²) >= 11 is 0. The van der Waals surface area contributed by atoms with Crippen molar-refractivity contribution < 1.29 is 23.0 Å². The van der Waals surface area contributed by atoms with Crippen LogP contribution in [0.25, 0.3) is 0 Å². The van der Waals surface area contributed by atoms with Crippen molar-refractivity contribution in [3.8, 4) is 11.5 Å². The Balaban J connectivity index is 1.59. The number of fused-ring (bicyclic) bond motifs is 1. The summed E-state index contributed by atoms with van der Waals surface area (Å²) in [7, 11) is 0. The fourth-order valence-electron chi connectivity index (χ4n) is 2.55. The summed E-state index contributed by atoms with van der Waals surface area (Å²) in [5, 5.41) is 2.69. The second-order valence-corrected chi connectivity index (χ2v) is 5.21. The van der Waals surface area contributed by atoms with Gasteiger partial charge < -0.3 is 14.8 Å². The quantitative estimate of drug-likeness (QED) is 0.931. The van der Waals surface area contributed by atoms with Crippen molar-refractivity contribution in [1.82, 2.24) is 4.90 Å². The number of carbonyl (C=O) groups excluding carboxylic acids is 1. The van der Waals surface area contributed by atoms with Gasteiger partial charge in [-0.25, -0.2) is 0 Å². The van der Waals surface area contributed by atoms with Crippen molar-refractivity contribution in [2.75, 3.05) is 25.0 Å². The van der Waals surface area contributed by atoms with Crippen LogP contribution in [-0.4, -0.2) is 36.7 Å². The number of rotatable bonds is 3. The van der Waals surface area contributed by atoms with Crippen LogP contribution >= 0.6 is 0 Å².